The Bertz CT molecular complexity index is 1080. The SMILES string of the molecule is Nc1nc(Cl)cc(N(Cc2cccs2)C2C[C@H]2COc2nc3ccccc3[nH]2)n1. The fraction of sp³-hybridized carbons (Fsp3) is 0.250. The summed E-state index contributed by atoms with van der Waals surface area (Å²) >= 11 is 7.84. The van der Waals surface area contributed by atoms with E-state index in [2.05, 4.69) is 42.3 Å². The van der Waals surface area contributed by atoms with Gasteiger partial charge in [-0.2, -0.15) is 9.97 Å². The van der Waals surface area contributed by atoms with Gasteiger partial charge in [-0.05, 0) is 30.0 Å². The summed E-state index contributed by atoms with van der Waals surface area (Å²) in [6.07, 6.45) is 1.01. The summed E-state index contributed by atoms with van der Waals surface area (Å²) in [4.78, 5) is 19.6. The van der Waals surface area contributed by atoms with Crippen LogP contribution in [0, 0.1) is 5.92 Å². The van der Waals surface area contributed by atoms with E-state index in [0.717, 1.165) is 29.8 Å². The van der Waals surface area contributed by atoms with Crippen LogP contribution in [0.3, 0.4) is 0 Å². The topological polar surface area (TPSA) is 93.0 Å². The number of hydrogen-bond donors (Lipinski definition) is 2. The van der Waals surface area contributed by atoms with Crippen LogP contribution in [0.2, 0.25) is 5.15 Å². The third kappa shape index (κ3) is 3.99. The molecule has 1 unspecified atom stereocenters. The van der Waals surface area contributed by atoms with E-state index in [4.69, 9.17) is 22.1 Å². The molecule has 4 aromatic rings. The number of fused-ring (bicyclic) bond motifs is 1. The molecule has 5 rings (SSSR count). The van der Waals surface area contributed by atoms with Crippen LogP contribution < -0.4 is 15.4 Å². The second kappa shape index (κ2) is 7.53. The van der Waals surface area contributed by atoms with Crippen LogP contribution in [0.5, 0.6) is 6.01 Å². The van der Waals surface area contributed by atoms with E-state index in [1.54, 1.807) is 17.4 Å². The van der Waals surface area contributed by atoms with Crippen LogP contribution in [0.1, 0.15) is 11.3 Å². The molecule has 29 heavy (non-hydrogen) atoms. The molecular formula is C20H19ClN6OS. The highest BCUT2D eigenvalue weighted by Gasteiger charge is 2.43. The monoisotopic (exact) mass is 426 g/mol. The lowest BCUT2D eigenvalue weighted by atomic mass is 10.3. The molecule has 1 saturated carbocycles. The minimum atomic E-state index is 0.180. The zero-order chi connectivity index (χ0) is 19.8. The Balaban J connectivity index is 1.30. The van der Waals surface area contributed by atoms with Gasteiger partial charge in [0.2, 0.25) is 5.95 Å². The molecule has 1 aromatic carbocycles. The van der Waals surface area contributed by atoms with Crippen LogP contribution in [0.25, 0.3) is 11.0 Å². The van der Waals surface area contributed by atoms with Gasteiger partial charge in [0.15, 0.2) is 0 Å². The first kappa shape index (κ1) is 18.2. The lowest BCUT2D eigenvalue weighted by Crippen LogP contribution is -2.28. The van der Waals surface area contributed by atoms with Gasteiger partial charge in [0, 0.05) is 22.9 Å². The maximum atomic E-state index is 6.13. The molecule has 3 N–H and O–H groups in total. The first-order valence-electron chi connectivity index (χ1n) is 9.32. The Morgan fingerprint density at radius 1 is 1.21 bits per heavy atom. The Labute approximate surface area is 176 Å². The van der Waals surface area contributed by atoms with Gasteiger partial charge in [0.1, 0.15) is 11.0 Å². The smallest absolute Gasteiger partial charge is 0.294 e. The number of rotatable bonds is 7. The molecule has 3 heterocycles. The summed E-state index contributed by atoms with van der Waals surface area (Å²) in [7, 11) is 0. The summed E-state index contributed by atoms with van der Waals surface area (Å²) < 4.78 is 5.94. The number of aromatic amines is 1. The van der Waals surface area contributed by atoms with Crippen molar-refractivity contribution < 1.29 is 4.74 Å². The Hall–Kier alpha value is -2.84. The van der Waals surface area contributed by atoms with E-state index in [0.29, 0.717) is 29.7 Å². The second-order valence-corrected chi connectivity index (χ2v) is 8.47. The summed E-state index contributed by atoms with van der Waals surface area (Å²) in [6, 6.07) is 14.7. The molecule has 2 atom stereocenters. The third-order valence-corrected chi connectivity index (χ3v) is 6.04. The number of ether oxygens (including phenoxy) is 1. The number of nitrogens with one attached hydrogen (secondary N) is 1. The van der Waals surface area contributed by atoms with E-state index in [1.807, 2.05) is 24.3 Å². The standard InChI is InChI=1S/C20H19ClN6OS/c21-17-9-18(26-19(22)25-17)27(10-13-4-3-7-29-13)16-8-12(16)11-28-20-23-14-5-1-2-6-15(14)24-20/h1-7,9,12,16H,8,10-11H2,(H,23,24)(H2,22,25,26)/t12-,16?/m0/s1. The van der Waals surface area contributed by atoms with Gasteiger partial charge >= 0.3 is 0 Å². The second-order valence-electron chi connectivity index (χ2n) is 7.05. The number of nitrogens with two attached hydrogens (primary N) is 1. The minimum absolute atomic E-state index is 0.180. The molecule has 0 radical (unpaired) electrons. The number of aromatic nitrogens is 4. The summed E-state index contributed by atoms with van der Waals surface area (Å²) in [5.41, 5.74) is 7.71. The molecule has 9 heteroatoms. The van der Waals surface area contributed by atoms with Crippen molar-refractivity contribution in [2.75, 3.05) is 17.2 Å². The quantitative estimate of drug-likeness (QED) is 0.432. The number of thiophene rings is 1. The average molecular weight is 427 g/mol. The number of imidazole rings is 1. The zero-order valence-electron chi connectivity index (χ0n) is 15.5. The van der Waals surface area contributed by atoms with Gasteiger partial charge in [0.25, 0.3) is 6.01 Å². The molecule has 148 valence electrons. The van der Waals surface area contributed by atoms with Crippen molar-refractivity contribution in [1.82, 2.24) is 19.9 Å². The molecule has 0 aliphatic heterocycles. The number of anilines is 2. The third-order valence-electron chi connectivity index (χ3n) is 4.99. The molecule has 7 nitrogen and oxygen atoms in total. The zero-order valence-corrected chi connectivity index (χ0v) is 17.0. The molecule has 0 bridgehead atoms. The minimum Gasteiger partial charge on any atom is -0.464 e. The van der Waals surface area contributed by atoms with E-state index in [-0.39, 0.29) is 5.95 Å². The van der Waals surface area contributed by atoms with Crippen LogP contribution in [-0.2, 0) is 6.54 Å². The molecule has 0 spiro atoms. The van der Waals surface area contributed by atoms with Gasteiger partial charge in [0.05, 0.1) is 24.2 Å². The van der Waals surface area contributed by atoms with Gasteiger partial charge in [-0.3, -0.25) is 0 Å². The van der Waals surface area contributed by atoms with Gasteiger partial charge < -0.3 is 20.4 Å². The fourth-order valence-corrected chi connectivity index (χ4v) is 4.37. The molecule has 1 aliphatic carbocycles. The van der Waals surface area contributed by atoms with Gasteiger partial charge in [-0.25, -0.2) is 4.98 Å². The van der Waals surface area contributed by atoms with Crippen molar-refractivity contribution >= 4 is 45.7 Å². The summed E-state index contributed by atoms with van der Waals surface area (Å²) in [5.74, 6) is 1.30. The Morgan fingerprint density at radius 3 is 2.90 bits per heavy atom. The van der Waals surface area contributed by atoms with Crippen LogP contribution in [0.15, 0.2) is 47.8 Å². The summed E-state index contributed by atoms with van der Waals surface area (Å²) in [5, 5.41) is 2.42. The number of halogens is 1. The van der Waals surface area contributed by atoms with E-state index in [9.17, 15) is 0 Å². The van der Waals surface area contributed by atoms with Gasteiger partial charge in [-0.15, -0.1) is 11.3 Å². The van der Waals surface area contributed by atoms with Crippen molar-refractivity contribution in [3.05, 3.63) is 57.9 Å². The molecule has 0 saturated heterocycles. The first-order chi connectivity index (χ1) is 14.2. The van der Waals surface area contributed by atoms with Crippen LogP contribution in [0.4, 0.5) is 11.8 Å². The maximum absolute atomic E-state index is 6.13. The molecule has 1 fully saturated rings. The number of nitrogens with zero attached hydrogens (tertiary/aromatic N) is 4. The Morgan fingerprint density at radius 2 is 2.10 bits per heavy atom. The number of benzene rings is 1. The highest BCUT2D eigenvalue weighted by atomic mass is 35.5. The lowest BCUT2D eigenvalue weighted by molar-refractivity contribution is 0.276. The molecule has 1 aliphatic rings. The molecular weight excluding hydrogens is 408 g/mol. The molecule has 0 amide bonds. The molecule has 3 aromatic heterocycles. The van der Waals surface area contributed by atoms with Crippen LogP contribution >= 0.6 is 22.9 Å². The van der Waals surface area contributed by atoms with Gasteiger partial charge in [-0.1, -0.05) is 29.8 Å². The Kier molecular flexibility index (Phi) is 4.73. The van der Waals surface area contributed by atoms with E-state index >= 15 is 0 Å². The van der Waals surface area contributed by atoms with Crippen molar-refractivity contribution in [1.29, 1.82) is 0 Å². The van der Waals surface area contributed by atoms with Crippen molar-refractivity contribution in [3.63, 3.8) is 0 Å². The predicted octanol–water partition coefficient (Wildman–Crippen LogP) is 4.12. The van der Waals surface area contributed by atoms with E-state index < -0.39 is 0 Å². The largest absolute Gasteiger partial charge is 0.464 e. The number of H-pyrrole nitrogens is 1. The highest BCUT2D eigenvalue weighted by molar-refractivity contribution is 7.09. The highest BCUT2D eigenvalue weighted by Crippen LogP contribution is 2.40. The number of hydrogen-bond acceptors (Lipinski definition) is 7. The number of nitrogen functional groups attached to an aromatic ring is 1. The van der Waals surface area contributed by atoms with E-state index in [1.165, 1.54) is 4.88 Å². The number of para-hydroxylation sites is 2. The lowest BCUT2D eigenvalue weighted by Gasteiger charge is -2.24. The van der Waals surface area contributed by atoms with Crippen molar-refractivity contribution in [2.24, 2.45) is 5.92 Å². The predicted molar refractivity (Wildman–Crippen MR) is 115 cm³/mol. The van der Waals surface area contributed by atoms with Crippen molar-refractivity contribution in [2.45, 2.75) is 19.0 Å². The average Bonchev–Trinajstić information content (AvgIpc) is 3.10. The summed E-state index contributed by atoms with van der Waals surface area (Å²) in [6.45, 7) is 1.33. The van der Waals surface area contributed by atoms with Crippen molar-refractivity contribution in [3.8, 4) is 6.01 Å². The van der Waals surface area contributed by atoms with Crippen LogP contribution in [-0.4, -0.2) is 32.6 Å². The maximum Gasteiger partial charge on any atom is 0.294 e. The fourth-order valence-electron chi connectivity index (χ4n) is 3.48. The first-order valence-corrected chi connectivity index (χ1v) is 10.6. The normalized spacial score (nSPS) is 18.1.